The summed E-state index contributed by atoms with van der Waals surface area (Å²) in [6.45, 7) is 1.31. The fraction of sp³-hybridized carbons (Fsp3) is 0.174. The van der Waals surface area contributed by atoms with E-state index in [-0.39, 0.29) is 23.6 Å². The molecule has 0 bridgehead atoms. The summed E-state index contributed by atoms with van der Waals surface area (Å²) in [6.07, 6.45) is -8.17. The summed E-state index contributed by atoms with van der Waals surface area (Å²) < 4.78 is 85.3. The summed E-state index contributed by atoms with van der Waals surface area (Å²) in [5.41, 5.74) is -4.36. The number of aromatic amines is 1. The van der Waals surface area contributed by atoms with E-state index < -0.39 is 51.8 Å². The number of rotatable bonds is 4. The van der Waals surface area contributed by atoms with E-state index in [1.807, 2.05) is 0 Å². The number of fused-ring (bicyclic) bond motifs is 1. The third kappa shape index (κ3) is 4.51. The van der Waals surface area contributed by atoms with Gasteiger partial charge in [-0.25, -0.2) is 9.78 Å². The number of aromatic nitrogens is 3. The van der Waals surface area contributed by atoms with Crippen LogP contribution in [0.2, 0.25) is 0 Å². The first kappa shape index (κ1) is 24.0. The van der Waals surface area contributed by atoms with Crippen LogP contribution < -0.4 is 5.56 Å². The quantitative estimate of drug-likeness (QED) is 0.297. The van der Waals surface area contributed by atoms with Gasteiger partial charge in [-0.2, -0.15) is 26.3 Å². The SMILES string of the molecule is CCOC(=O)c1c(-c2ccccc2C(F)(F)F)nc2[nH]c(-c3ccc(C(F)(F)F)cc3)cn2c1=O. The van der Waals surface area contributed by atoms with Gasteiger partial charge in [0.2, 0.25) is 5.78 Å². The average Bonchev–Trinajstić information content (AvgIpc) is 3.23. The minimum atomic E-state index is -4.81. The van der Waals surface area contributed by atoms with Crippen molar-refractivity contribution < 1.29 is 35.9 Å². The maximum Gasteiger partial charge on any atom is 0.417 e. The Bertz CT molecular complexity index is 1470. The Morgan fingerprint density at radius 2 is 1.66 bits per heavy atom. The van der Waals surface area contributed by atoms with Crippen LogP contribution in [-0.2, 0) is 17.1 Å². The number of hydrogen-bond acceptors (Lipinski definition) is 4. The molecule has 1 N–H and O–H groups in total. The third-order valence-corrected chi connectivity index (χ3v) is 5.11. The second kappa shape index (κ2) is 8.60. The van der Waals surface area contributed by atoms with Crippen LogP contribution in [0, 0.1) is 0 Å². The highest BCUT2D eigenvalue weighted by atomic mass is 19.4. The zero-order chi connectivity index (χ0) is 25.5. The lowest BCUT2D eigenvalue weighted by Crippen LogP contribution is -2.26. The van der Waals surface area contributed by atoms with Crippen LogP contribution in [0.1, 0.15) is 28.4 Å². The fourth-order valence-corrected chi connectivity index (χ4v) is 3.53. The van der Waals surface area contributed by atoms with Crippen LogP contribution in [0.3, 0.4) is 0 Å². The molecular formula is C23H15F6N3O3. The molecule has 0 radical (unpaired) electrons. The molecule has 0 spiro atoms. The molecule has 0 aliphatic heterocycles. The Labute approximate surface area is 192 Å². The van der Waals surface area contributed by atoms with Gasteiger partial charge in [-0.15, -0.1) is 0 Å². The second-order valence-corrected chi connectivity index (χ2v) is 7.34. The van der Waals surface area contributed by atoms with Crippen LogP contribution in [0.5, 0.6) is 0 Å². The summed E-state index contributed by atoms with van der Waals surface area (Å²) >= 11 is 0. The number of alkyl halides is 6. The van der Waals surface area contributed by atoms with Gasteiger partial charge >= 0.3 is 18.3 Å². The highest BCUT2D eigenvalue weighted by Crippen LogP contribution is 2.37. The minimum Gasteiger partial charge on any atom is -0.462 e. The van der Waals surface area contributed by atoms with Gasteiger partial charge in [-0.05, 0) is 30.7 Å². The summed E-state index contributed by atoms with van der Waals surface area (Å²) in [5.74, 6) is -1.38. The highest BCUT2D eigenvalue weighted by molar-refractivity contribution is 5.96. The Kier molecular flexibility index (Phi) is 5.91. The van der Waals surface area contributed by atoms with E-state index in [0.29, 0.717) is 0 Å². The number of ether oxygens (including phenoxy) is 1. The predicted molar refractivity (Wildman–Crippen MR) is 113 cm³/mol. The van der Waals surface area contributed by atoms with Gasteiger partial charge in [0.15, 0.2) is 5.56 Å². The Balaban J connectivity index is 1.96. The van der Waals surface area contributed by atoms with Crippen molar-refractivity contribution in [3.63, 3.8) is 0 Å². The Morgan fingerprint density at radius 3 is 2.26 bits per heavy atom. The summed E-state index contributed by atoms with van der Waals surface area (Å²) in [5, 5.41) is 0. The molecule has 2 aromatic carbocycles. The zero-order valence-corrected chi connectivity index (χ0v) is 17.8. The van der Waals surface area contributed by atoms with Gasteiger partial charge < -0.3 is 9.72 Å². The topological polar surface area (TPSA) is 76.5 Å². The standard InChI is InChI=1S/C23H15F6N3O3/c1-2-35-20(34)17-18(14-5-3-4-6-15(14)23(27,28)29)31-21-30-16(11-32(21)19(17)33)12-7-9-13(10-8-12)22(24,25)26/h3-11H,2H2,1H3,(H,30,31). The summed E-state index contributed by atoms with van der Waals surface area (Å²) in [4.78, 5) is 32.6. The first-order chi connectivity index (χ1) is 16.4. The van der Waals surface area contributed by atoms with E-state index in [0.717, 1.165) is 46.9 Å². The lowest BCUT2D eigenvalue weighted by molar-refractivity contribution is -0.138. The fourth-order valence-electron chi connectivity index (χ4n) is 3.53. The lowest BCUT2D eigenvalue weighted by Gasteiger charge is -2.14. The number of nitrogens with zero attached hydrogens (tertiary/aromatic N) is 2. The molecule has 6 nitrogen and oxygen atoms in total. The molecule has 0 amide bonds. The van der Waals surface area contributed by atoms with Crippen LogP contribution in [0.4, 0.5) is 26.3 Å². The molecule has 0 saturated carbocycles. The van der Waals surface area contributed by atoms with E-state index in [4.69, 9.17) is 4.74 Å². The van der Waals surface area contributed by atoms with E-state index in [2.05, 4.69) is 9.97 Å². The van der Waals surface area contributed by atoms with Crippen molar-refractivity contribution in [2.24, 2.45) is 0 Å². The van der Waals surface area contributed by atoms with Crippen LogP contribution in [-0.4, -0.2) is 26.9 Å². The summed E-state index contributed by atoms with van der Waals surface area (Å²) in [6, 6.07) is 8.30. The predicted octanol–water partition coefficient (Wildman–Crippen LogP) is 5.57. The van der Waals surface area contributed by atoms with Gasteiger partial charge in [0, 0.05) is 11.8 Å². The van der Waals surface area contributed by atoms with Gasteiger partial charge in [0.25, 0.3) is 5.56 Å². The molecule has 0 aliphatic carbocycles. The molecule has 0 aliphatic rings. The van der Waals surface area contributed by atoms with Gasteiger partial charge in [-0.3, -0.25) is 9.20 Å². The van der Waals surface area contributed by atoms with E-state index in [9.17, 15) is 35.9 Å². The van der Waals surface area contributed by atoms with Crippen LogP contribution >= 0.6 is 0 Å². The molecule has 0 atom stereocenters. The molecule has 0 saturated heterocycles. The van der Waals surface area contributed by atoms with Crippen molar-refractivity contribution >= 4 is 11.7 Å². The maximum absolute atomic E-state index is 13.7. The maximum atomic E-state index is 13.7. The molecule has 4 aromatic rings. The number of H-pyrrole nitrogens is 1. The Hall–Kier alpha value is -4.09. The molecule has 0 fully saturated rings. The van der Waals surface area contributed by atoms with E-state index >= 15 is 0 Å². The minimum absolute atomic E-state index is 0.148. The molecule has 182 valence electrons. The highest BCUT2D eigenvalue weighted by Gasteiger charge is 2.36. The third-order valence-electron chi connectivity index (χ3n) is 5.11. The average molecular weight is 495 g/mol. The van der Waals surface area contributed by atoms with Gasteiger partial charge in [-0.1, -0.05) is 30.3 Å². The zero-order valence-electron chi connectivity index (χ0n) is 17.8. The number of halogens is 6. The van der Waals surface area contributed by atoms with Crippen molar-refractivity contribution in [3.05, 3.63) is 81.8 Å². The monoisotopic (exact) mass is 495 g/mol. The molecule has 12 heteroatoms. The molecule has 0 unspecified atom stereocenters. The molecule has 35 heavy (non-hydrogen) atoms. The van der Waals surface area contributed by atoms with E-state index in [1.165, 1.54) is 19.2 Å². The number of esters is 1. The van der Waals surface area contributed by atoms with Crippen molar-refractivity contribution in [1.29, 1.82) is 0 Å². The molecule has 4 rings (SSSR count). The molecule has 2 aromatic heterocycles. The number of hydrogen-bond donors (Lipinski definition) is 1. The van der Waals surface area contributed by atoms with Crippen molar-refractivity contribution in [1.82, 2.24) is 14.4 Å². The van der Waals surface area contributed by atoms with Crippen LogP contribution in [0.25, 0.3) is 28.3 Å². The van der Waals surface area contributed by atoms with E-state index in [1.54, 1.807) is 0 Å². The van der Waals surface area contributed by atoms with Gasteiger partial charge in [0.05, 0.1) is 29.1 Å². The first-order valence-electron chi connectivity index (χ1n) is 10.1. The number of carbonyl (C=O) groups is 1. The summed E-state index contributed by atoms with van der Waals surface area (Å²) in [7, 11) is 0. The number of carbonyl (C=O) groups excluding carboxylic acids is 1. The van der Waals surface area contributed by atoms with Gasteiger partial charge in [0.1, 0.15) is 0 Å². The van der Waals surface area contributed by atoms with Crippen LogP contribution in [0.15, 0.2) is 59.5 Å². The number of benzene rings is 2. The number of nitrogens with one attached hydrogen (secondary N) is 1. The Morgan fingerprint density at radius 1 is 1.00 bits per heavy atom. The normalized spacial score (nSPS) is 12.2. The van der Waals surface area contributed by atoms with Crippen molar-refractivity contribution in [2.45, 2.75) is 19.3 Å². The second-order valence-electron chi connectivity index (χ2n) is 7.34. The largest absolute Gasteiger partial charge is 0.462 e. The number of imidazole rings is 1. The van der Waals surface area contributed by atoms with Crippen molar-refractivity contribution in [3.8, 4) is 22.5 Å². The van der Waals surface area contributed by atoms with Crippen molar-refractivity contribution in [2.75, 3.05) is 6.61 Å². The molecule has 2 heterocycles. The molecular weight excluding hydrogens is 480 g/mol. The lowest BCUT2D eigenvalue weighted by atomic mass is 10.0. The first-order valence-corrected chi connectivity index (χ1v) is 10.1. The smallest absolute Gasteiger partial charge is 0.417 e.